The van der Waals surface area contributed by atoms with Gasteiger partial charge >= 0.3 is 5.69 Å². The largest absolute Gasteiger partial charge is 0.338 e. The van der Waals surface area contributed by atoms with Crippen LogP contribution in [0.2, 0.25) is 0 Å². The highest BCUT2D eigenvalue weighted by molar-refractivity contribution is 5.80. The van der Waals surface area contributed by atoms with Gasteiger partial charge in [0.25, 0.3) is 0 Å². The number of hydrogen-bond acceptors (Lipinski definition) is 4. The van der Waals surface area contributed by atoms with Crippen LogP contribution in [-0.4, -0.2) is 35.7 Å². The minimum Gasteiger partial charge on any atom is -0.312 e. The van der Waals surface area contributed by atoms with Gasteiger partial charge in [-0.1, -0.05) is 0 Å². The molecule has 1 aliphatic rings. The molecule has 1 aliphatic heterocycles. The van der Waals surface area contributed by atoms with E-state index in [2.05, 4.69) is 20.6 Å². The zero-order valence-corrected chi connectivity index (χ0v) is 13.7. The quantitative estimate of drug-likeness (QED) is 0.569. The molecule has 4 aromatic rings. The molecule has 25 heavy (non-hydrogen) atoms. The number of fused-ring (bicyclic) bond motifs is 2. The summed E-state index contributed by atoms with van der Waals surface area (Å²) in [6, 6.07) is 5.87. The van der Waals surface area contributed by atoms with Crippen molar-refractivity contribution in [1.82, 2.24) is 34.4 Å². The Morgan fingerprint density at radius 2 is 2.08 bits per heavy atom. The Hall–Kier alpha value is -3.13. The highest BCUT2D eigenvalue weighted by Crippen LogP contribution is 2.20. The van der Waals surface area contributed by atoms with Crippen molar-refractivity contribution in [1.29, 1.82) is 0 Å². The lowest BCUT2D eigenvalue weighted by Crippen LogP contribution is -2.26. The van der Waals surface area contributed by atoms with Gasteiger partial charge in [-0.3, -0.25) is 14.3 Å². The summed E-state index contributed by atoms with van der Waals surface area (Å²) in [7, 11) is 1.90. The zero-order chi connectivity index (χ0) is 17.0. The third-order valence-corrected chi connectivity index (χ3v) is 4.80. The van der Waals surface area contributed by atoms with E-state index in [0.29, 0.717) is 5.82 Å². The standard InChI is InChI=1S/C17H17N7O/c1-22-15-3-2-12(8-11(15)9-19-22)23-6-7-24(17(23)25)16-13-10-18-5-4-14(13)20-21-16/h2-3,6-9,18H,4-5,10H2,1H3,(H,20,21). The van der Waals surface area contributed by atoms with Crippen molar-refractivity contribution in [2.24, 2.45) is 7.05 Å². The third kappa shape index (κ3) is 2.07. The molecule has 8 heteroatoms. The minimum absolute atomic E-state index is 0.136. The summed E-state index contributed by atoms with van der Waals surface area (Å²) in [4.78, 5) is 12.9. The van der Waals surface area contributed by atoms with E-state index in [1.54, 1.807) is 27.7 Å². The maximum absolute atomic E-state index is 12.9. The van der Waals surface area contributed by atoms with Gasteiger partial charge in [0.2, 0.25) is 0 Å². The maximum Gasteiger partial charge on any atom is 0.338 e. The van der Waals surface area contributed by atoms with Crippen LogP contribution in [0.1, 0.15) is 11.3 Å². The van der Waals surface area contributed by atoms with Crippen LogP contribution in [0.5, 0.6) is 0 Å². The molecule has 0 unspecified atom stereocenters. The van der Waals surface area contributed by atoms with Gasteiger partial charge in [0, 0.05) is 55.6 Å². The molecule has 2 N–H and O–H groups in total. The predicted molar refractivity (Wildman–Crippen MR) is 93.2 cm³/mol. The van der Waals surface area contributed by atoms with Gasteiger partial charge in [-0.25, -0.2) is 9.36 Å². The van der Waals surface area contributed by atoms with E-state index in [9.17, 15) is 4.79 Å². The van der Waals surface area contributed by atoms with Crippen LogP contribution in [0, 0.1) is 0 Å². The second kappa shape index (κ2) is 5.18. The molecule has 0 bridgehead atoms. The Kier molecular flexibility index (Phi) is 2.95. The topological polar surface area (TPSA) is 85.5 Å². The van der Waals surface area contributed by atoms with E-state index >= 15 is 0 Å². The molecule has 1 aromatic carbocycles. The number of hydrogen-bond donors (Lipinski definition) is 2. The molecule has 0 amide bonds. The first-order valence-corrected chi connectivity index (χ1v) is 8.22. The zero-order valence-electron chi connectivity index (χ0n) is 13.7. The van der Waals surface area contributed by atoms with Gasteiger partial charge in [0.1, 0.15) is 0 Å². The molecule has 0 saturated carbocycles. The number of aryl methyl sites for hydroxylation is 1. The van der Waals surface area contributed by atoms with Crippen molar-refractivity contribution >= 4 is 10.9 Å². The monoisotopic (exact) mass is 335 g/mol. The first-order chi connectivity index (χ1) is 12.2. The molecule has 0 spiro atoms. The Bertz CT molecular complexity index is 1140. The fourth-order valence-electron chi connectivity index (χ4n) is 3.44. The van der Waals surface area contributed by atoms with Crippen molar-refractivity contribution in [3.8, 4) is 11.5 Å². The Labute approximate surface area is 142 Å². The van der Waals surface area contributed by atoms with E-state index in [1.807, 2.05) is 29.9 Å². The summed E-state index contributed by atoms with van der Waals surface area (Å²) < 4.78 is 5.04. The summed E-state index contributed by atoms with van der Waals surface area (Å²) >= 11 is 0. The third-order valence-electron chi connectivity index (χ3n) is 4.80. The molecule has 0 radical (unpaired) electrons. The highest BCUT2D eigenvalue weighted by atomic mass is 16.1. The molecule has 126 valence electrons. The van der Waals surface area contributed by atoms with Crippen LogP contribution in [-0.2, 0) is 20.0 Å². The molecule has 4 heterocycles. The van der Waals surface area contributed by atoms with Crippen LogP contribution >= 0.6 is 0 Å². The number of aromatic amines is 1. The van der Waals surface area contributed by atoms with Gasteiger partial charge in [-0.05, 0) is 18.2 Å². The first kappa shape index (κ1) is 14.2. The van der Waals surface area contributed by atoms with Crippen molar-refractivity contribution in [3.63, 3.8) is 0 Å². The average molecular weight is 335 g/mol. The van der Waals surface area contributed by atoms with Gasteiger partial charge in [0.15, 0.2) is 5.82 Å². The molecular formula is C17H17N7O. The number of benzene rings is 1. The van der Waals surface area contributed by atoms with Crippen LogP contribution in [0.15, 0.2) is 41.6 Å². The maximum atomic E-state index is 12.9. The van der Waals surface area contributed by atoms with Crippen molar-refractivity contribution in [3.05, 3.63) is 58.5 Å². The Morgan fingerprint density at radius 1 is 1.20 bits per heavy atom. The molecule has 0 saturated heterocycles. The van der Waals surface area contributed by atoms with Crippen LogP contribution in [0.4, 0.5) is 0 Å². The van der Waals surface area contributed by atoms with E-state index in [4.69, 9.17) is 0 Å². The molecule has 0 atom stereocenters. The number of imidazole rings is 1. The predicted octanol–water partition coefficient (Wildman–Crippen LogP) is 0.884. The van der Waals surface area contributed by atoms with Gasteiger partial charge in [-0.15, -0.1) is 0 Å². The van der Waals surface area contributed by atoms with Gasteiger partial charge < -0.3 is 5.32 Å². The second-order valence-electron chi connectivity index (χ2n) is 6.26. The molecule has 3 aromatic heterocycles. The minimum atomic E-state index is -0.136. The van der Waals surface area contributed by atoms with E-state index in [0.717, 1.165) is 47.4 Å². The summed E-state index contributed by atoms with van der Waals surface area (Å²) in [5.41, 5.74) is 3.87. The van der Waals surface area contributed by atoms with Crippen LogP contribution in [0.3, 0.4) is 0 Å². The van der Waals surface area contributed by atoms with Gasteiger partial charge in [-0.2, -0.15) is 10.2 Å². The Morgan fingerprint density at radius 3 is 3.00 bits per heavy atom. The normalized spacial score (nSPS) is 14.1. The number of nitrogens with zero attached hydrogens (tertiary/aromatic N) is 5. The fourth-order valence-corrected chi connectivity index (χ4v) is 3.44. The molecule has 0 fully saturated rings. The molecular weight excluding hydrogens is 318 g/mol. The summed E-state index contributed by atoms with van der Waals surface area (Å²) in [6.07, 6.45) is 6.24. The molecule has 0 aliphatic carbocycles. The fraction of sp³-hybridized carbons (Fsp3) is 0.235. The molecule has 8 nitrogen and oxygen atoms in total. The average Bonchev–Trinajstić information content (AvgIpc) is 3.32. The first-order valence-electron chi connectivity index (χ1n) is 8.22. The van der Waals surface area contributed by atoms with Crippen molar-refractivity contribution in [2.45, 2.75) is 13.0 Å². The van der Waals surface area contributed by atoms with E-state index in [1.165, 1.54) is 0 Å². The number of aromatic nitrogens is 6. The summed E-state index contributed by atoms with van der Waals surface area (Å²) in [6.45, 7) is 1.65. The van der Waals surface area contributed by atoms with E-state index in [-0.39, 0.29) is 5.69 Å². The van der Waals surface area contributed by atoms with Crippen molar-refractivity contribution < 1.29 is 0 Å². The summed E-state index contributed by atoms with van der Waals surface area (Å²) in [5.74, 6) is 0.674. The number of rotatable bonds is 2. The lowest BCUT2D eigenvalue weighted by molar-refractivity contribution is 0.634. The number of nitrogens with one attached hydrogen (secondary N) is 2. The second-order valence-corrected chi connectivity index (χ2v) is 6.26. The van der Waals surface area contributed by atoms with Crippen LogP contribution < -0.4 is 11.0 Å². The lowest BCUT2D eigenvalue weighted by Gasteiger charge is -2.12. The highest BCUT2D eigenvalue weighted by Gasteiger charge is 2.19. The van der Waals surface area contributed by atoms with Crippen LogP contribution in [0.25, 0.3) is 22.4 Å². The summed E-state index contributed by atoms with van der Waals surface area (Å²) in [5, 5.41) is 16.0. The smallest absolute Gasteiger partial charge is 0.312 e. The molecule has 5 rings (SSSR count). The van der Waals surface area contributed by atoms with E-state index < -0.39 is 0 Å². The van der Waals surface area contributed by atoms with Gasteiger partial charge in [0.05, 0.1) is 17.4 Å². The lowest BCUT2D eigenvalue weighted by atomic mass is 10.1. The van der Waals surface area contributed by atoms with Crippen molar-refractivity contribution in [2.75, 3.05) is 6.54 Å². The SMILES string of the molecule is Cn1ncc2cc(-n3ccn(-c4n[nH]c5c4CNCC5)c3=O)ccc21. The number of H-pyrrole nitrogens is 1. The Balaban J connectivity index is 1.62.